The van der Waals surface area contributed by atoms with E-state index in [1.807, 2.05) is 31.2 Å². The number of carbonyl (C=O) groups is 1. The Balaban J connectivity index is 2.06. The van der Waals surface area contributed by atoms with Gasteiger partial charge in [-0.2, -0.15) is 4.98 Å². The fourth-order valence-corrected chi connectivity index (χ4v) is 2.17. The van der Waals surface area contributed by atoms with E-state index in [-0.39, 0.29) is 5.91 Å². The molecule has 1 amide bonds. The molecule has 2 aromatic rings. The Morgan fingerprint density at radius 3 is 2.89 bits per heavy atom. The molecule has 0 radical (unpaired) electrons. The highest BCUT2D eigenvalue weighted by Gasteiger charge is 2.18. The molecule has 0 saturated heterocycles. The van der Waals surface area contributed by atoms with Gasteiger partial charge in [0.2, 0.25) is 5.91 Å². The molecule has 1 aliphatic heterocycles. The predicted molar refractivity (Wildman–Crippen MR) is 71.1 cm³/mol. The van der Waals surface area contributed by atoms with Crippen LogP contribution in [0.3, 0.4) is 0 Å². The Hall–Kier alpha value is -2.43. The maximum absolute atomic E-state index is 11.3. The Morgan fingerprint density at radius 2 is 2.11 bits per heavy atom. The van der Waals surface area contributed by atoms with E-state index in [4.69, 9.17) is 4.74 Å². The number of nitrogens with one attached hydrogen (secondary N) is 1. The Morgan fingerprint density at radius 1 is 1.26 bits per heavy atom. The van der Waals surface area contributed by atoms with Crippen LogP contribution >= 0.6 is 0 Å². The summed E-state index contributed by atoms with van der Waals surface area (Å²) in [6.07, 6.45) is 0.421. The number of anilines is 1. The van der Waals surface area contributed by atoms with Crippen LogP contribution in [0.4, 0.5) is 5.69 Å². The zero-order valence-electron chi connectivity index (χ0n) is 10.7. The van der Waals surface area contributed by atoms with Crippen LogP contribution in [0.1, 0.15) is 11.3 Å². The van der Waals surface area contributed by atoms with Crippen LogP contribution in [-0.4, -0.2) is 23.0 Å². The normalized spacial score (nSPS) is 13.1. The highest BCUT2D eigenvalue weighted by atomic mass is 16.5. The van der Waals surface area contributed by atoms with Crippen LogP contribution in [-0.2, 0) is 11.2 Å². The molecule has 0 atom stereocenters. The Labute approximate surface area is 110 Å². The number of aromatic nitrogens is 2. The zero-order valence-corrected chi connectivity index (χ0v) is 10.7. The summed E-state index contributed by atoms with van der Waals surface area (Å²) in [6, 6.07) is 8.07. The summed E-state index contributed by atoms with van der Waals surface area (Å²) < 4.78 is 5.08. The maximum Gasteiger partial charge on any atom is 0.316 e. The minimum atomic E-state index is 0.0311. The van der Waals surface area contributed by atoms with E-state index in [9.17, 15) is 4.79 Å². The van der Waals surface area contributed by atoms with Crippen molar-refractivity contribution in [2.24, 2.45) is 0 Å². The first-order valence-corrected chi connectivity index (χ1v) is 5.98. The molecule has 5 heteroatoms. The van der Waals surface area contributed by atoms with Gasteiger partial charge in [-0.25, -0.2) is 4.98 Å². The molecule has 96 valence electrons. The molecule has 0 spiro atoms. The second kappa shape index (κ2) is 4.35. The van der Waals surface area contributed by atoms with Crippen molar-refractivity contribution in [1.82, 2.24) is 9.97 Å². The second-order valence-electron chi connectivity index (χ2n) is 4.48. The molecule has 0 bridgehead atoms. The van der Waals surface area contributed by atoms with Gasteiger partial charge in [-0.05, 0) is 30.7 Å². The summed E-state index contributed by atoms with van der Waals surface area (Å²) in [5, 5.41) is 2.81. The molecule has 0 fully saturated rings. The first-order chi connectivity index (χ1) is 9.15. The van der Waals surface area contributed by atoms with Crippen LogP contribution in [0.2, 0.25) is 0 Å². The van der Waals surface area contributed by atoms with E-state index in [2.05, 4.69) is 15.3 Å². The molecule has 1 aromatic carbocycles. The molecular weight excluding hydrogens is 242 g/mol. The number of amides is 1. The van der Waals surface area contributed by atoms with Crippen LogP contribution in [0.15, 0.2) is 24.3 Å². The van der Waals surface area contributed by atoms with Gasteiger partial charge < -0.3 is 10.1 Å². The van der Waals surface area contributed by atoms with Crippen molar-refractivity contribution in [2.45, 2.75) is 13.3 Å². The monoisotopic (exact) mass is 255 g/mol. The number of hydrogen-bond acceptors (Lipinski definition) is 4. The predicted octanol–water partition coefficient (Wildman–Crippen LogP) is 1.96. The average molecular weight is 255 g/mol. The van der Waals surface area contributed by atoms with Crippen molar-refractivity contribution < 1.29 is 9.53 Å². The lowest BCUT2D eigenvalue weighted by Crippen LogP contribution is -2.03. The molecule has 1 aliphatic rings. The largest absolute Gasteiger partial charge is 0.467 e. The van der Waals surface area contributed by atoms with Crippen LogP contribution in [0.5, 0.6) is 6.01 Å². The molecule has 0 saturated carbocycles. The molecule has 1 aromatic heterocycles. The lowest BCUT2D eigenvalue weighted by atomic mass is 10.1. The van der Waals surface area contributed by atoms with E-state index in [1.54, 1.807) is 7.11 Å². The van der Waals surface area contributed by atoms with Crippen molar-refractivity contribution in [3.63, 3.8) is 0 Å². The summed E-state index contributed by atoms with van der Waals surface area (Å²) in [5.74, 6) is 0.0311. The van der Waals surface area contributed by atoms with Crippen molar-refractivity contribution in [3.8, 4) is 17.3 Å². The van der Waals surface area contributed by atoms with Crippen LogP contribution < -0.4 is 10.1 Å². The number of fused-ring (bicyclic) bond motifs is 1. The third kappa shape index (κ3) is 2.14. The minimum Gasteiger partial charge on any atom is -0.467 e. The fourth-order valence-electron chi connectivity index (χ4n) is 2.17. The molecule has 2 heterocycles. The average Bonchev–Trinajstić information content (AvgIpc) is 2.76. The molecule has 5 nitrogen and oxygen atoms in total. The molecule has 19 heavy (non-hydrogen) atoms. The molecule has 3 rings (SSSR count). The van der Waals surface area contributed by atoms with E-state index >= 15 is 0 Å². The number of rotatable bonds is 2. The molecule has 0 aliphatic carbocycles. The number of nitrogens with zero attached hydrogens (tertiary/aromatic N) is 2. The second-order valence-corrected chi connectivity index (χ2v) is 4.48. The fraction of sp³-hybridized carbons (Fsp3) is 0.214. The van der Waals surface area contributed by atoms with E-state index in [0.29, 0.717) is 12.4 Å². The number of hydrogen-bond donors (Lipinski definition) is 1. The van der Waals surface area contributed by atoms with Gasteiger partial charge in [0, 0.05) is 16.9 Å². The highest BCUT2D eigenvalue weighted by molar-refractivity contribution is 5.99. The van der Waals surface area contributed by atoms with Gasteiger partial charge in [-0.15, -0.1) is 0 Å². The van der Waals surface area contributed by atoms with Gasteiger partial charge in [-0.1, -0.05) is 6.07 Å². The topological polar surface area (TPSA) is 64.1 Å². The first-order valence-electron chi connectivity index (χ1n) is 5.98. The van der Waals surface area contributed by atoms with E-state index in [0.717, 1.165) is 28.2 Å². The number of ether oxygens (including phenoxy) is 1. The lowest BCUT2D eigenvalue weighted by Gasteiger charge is -2.06. The van der Waals surface area contributed by atoms with Crippen molar-refractivity contribution >= 4 is 11.6 Å². The lowest BCUT2D eigenvalue weighted by molar-refractivity contribution is -0.115. The van der Waals surface area contributed by atoms with Gasteiger partial charge in [-0.3, -0.25) is 4.79 Å². The first kappa shape index (κ1) is 11.6. The molecule has 0 unspecified atom stereocenters. The van der Waals surface area contributed by atoms with Crippen molar-refractivity contribution in [3.05, 3.63) is 35.5 Å². The number of aryl methyl sites for hydroxylation is 1. The summed E-state index contributed by atoms with van der Waals surface area (Å²) in [4.78, 5) is 19.8. The Bertz CT molecular complexity index is 668. The molecule has 1 N–H and O–H groups in total. The van der Waals surface area contributed by atoms with Crippen molar-refractivity contribution in [1.29, 1.82) is 0 Å². The van der Waals surface area contributed by atoms with Gasteiger partial charge >= 0.3 is 6.01 Å². The summed E-state index contributed by atoms with van der Waals surface area (Å²) in [7, 11) is 1.55. The van der Waals surface area contributed by atoms with Gasteiger partial charge in [0.1, 0.15) is 0 Å². The number of methoxy groups -OCH3 is 1. The van der Waals surface area contributed by atoms with Gasteiger partial charge in [0.15, 0.2) is 0 Å². The third-order valence-corrected chi connectivity index (χ3v) is 3.04. The highest BCUT2D eigenvalue weighted by Crippen LogP contribution is 2.28. The standard InChI is InChI=1S/C14H13N3O2/c1-8-5-12(17-14(15-8)19-2)9-3-4-11-10(6-9)7-13(18)16-11/h3-6H,7H2,1-2H3,(H,16,18). The smallest absolute Gasteiger partial charge is 0.316 e. The number of benzene rings is 1. The van der Waals surface area contributed by atoms with E-state index in [1.165, 1.54) is 0 Å². The van der Waals surface area contributed by atoms with Gasteiger partial charge in [0.05, 0.1) is 19.2 Å². The summed E-state index contributed by atoms with van der Waals surface area (Å²) >= 11 is 0. The number of carbonyl (C=O) groups excluding carboxylic acids is 1. The molecular formula is C14H13N3O2. The van der Waals surface area contributed by atoms with E-state index < -0.39 is 0 Å². The van der Waals surface area contributed by atoms with Crippen molar-refractivity contribution in [2.75, 3.05) is 12.4 Å². The summed E-state index contributed by atoms with van der Waals surface area (Å²) in [6.45, 7) is 1.89. The quantitative estimate of drug-likeness (QED) is 0.890. The summed E-state index contributed by atoms with van der Waals surface area (Å²) in [5.41, 5.74) is 4.48. The zero-order chi connectivity index (χ0) is 13.4. The maximum atomic E-state index is 11.3. The SMILES string of the molecule is COc1nc(C)cc(-c2ccc3c(c2)CC(=O)N3)n1. The minimum absolute atomic E-state index is 0.0311. The third-order valence-electron chi connectivity index (χ3n) is 3.04. The Kier molecular flexibility index (Phi) is 2.67. The van der Waals surface area contributed by atoms with Crippen LogP contribution in [0.25, 0.3) is 11.3 Å². The van der Waals surface area contributed by atoms with Gasteiger partial charge in [0.25, 0.3) is 0 Å². The van der Waals surface area contributed by atoms with Crippen LogP contribution in [0, 0.1) is 6.92 Å².